The van der Waals surface area contributed by atoms with Crippen LogP contribution in [0.3, 0.4) is 0 Å². The minimum Gasteiger partial charge on any atom is -0.200 e. The summed E-state index contributed by atoms with van der Waals surface area (Å²) < 4.78 is 74.3. The van der Waals surface area contributed by atoms with Crippen LogP contribution in [-0.2, 0) is 13.7 Å². The van der Waals surface area contributed by atoms with E-state index in [4.69, 9.17) is 3.63 Å². The van der Waals surface area contributed by atoms with Gasteiger partial charge < -0.3 is 0 Å². The maximum Gasteiger partial charge on any atom is 0.524 e. The van der Waals surface area contributed by atoms with Crippen molar-refractivity contribution in [1.29, 1.82) is 0 Å². The van der Waals surface area contributed by atoms with E-state index in [2.05, 4.69) is 0 Å². The molecule has 0 aliphatic carbocycles. The molecule has 0 bridgehead atoms. The van der Waals surface area contributed by atoms with Gasteiger partial charge in [0.2, 0.25) is 0 Å². The van der Waals surface area contributed by atoms with Crippen molar-refractivity contribution in [1.82, 2.24) is 0 Å². The van der Waals surface area contributed by atoms with Gasteiger partial charge in [0.05, 0.1) is 0 Å². The first-order chi connectivity index (χ1) is 18.7. The lowest BCUT2D eigenvalue weighted by atomic mass is 10.1. The zero-order chi connectivity index (χ0) is 27.3. The number of hydrogen-bond acceptors (Lipinski definition) is 3. The van der Waals surface area contributed by atoms with Gasteiger partial charge in [-0.25, -0.2) is 0 Å². The second-order valence-corrected chi connectivity index (χ2v) is 13.3. The lowest BCUT2D eigenvalue weighted by Crippen LogP contribution is -2.27. The molecule has 0 fully saturated rings. The minimum absolute atomic E-state index is 0.362. The average molecular weight is 563 g/mol. The van der Waals surface area contributed by atoms with Crippen molar-refractivity contribution in [2.75, 3.05) is 0 Å². The summed E-state index contributed by atoms with van der Waals surface area (Å²) in [4.78, 5) is 1.09. The van der Waals surface area contributed by atoms with Crippen molar-refractivity contribution in [3.05, 3.63) is 127 Å². The zero-order valence-electron chi connectivity index (χ0n) is 20.3. The zero-order valence-corrected chi connectivity index (χ0v) is 21.9. The Kier molecular flexibility index (Phi) is 6.14. The SMILES string of the molecule is O=S(=O)(OS(c1cccc2ccccc12)(c1cccc2ccccc12)c1cccc2ccccc12)C(F)(F)F. The molecule has 0 N–H and O–H groups in total. The normalized spacial score (nSPS) is 13.2. The minimum atomic E-state index is -6.07. The molecule has 6 aromatic rings. The van der Waals surface area contributed by atoms with Gasteiger partial charge in [-0.05, 0) is 60.8 Å². The van der Waals surface area contributed by atoms with Gasteiger partial charge in [-0.1, -0.05) is 109 Å². The number of benzene rings is 6. The van der Waals surface area contributed by atoms with Crippen LogP contribution >= 0.6 is 10.3 Å². The number of halogens is 3. The standard InChI is InChI=1S/C31H21F3O3S2/c32-31(33,34)39(35,36)37-38(28-19-7-13-22-10-1-4-16-25(22)28,29-20-8-14-23-11-2-5-17-26(23)29)30-21-9-15-24-12-3-6-18-27(24)30/h1-21H. The fraction of sp³-hybridized carbons (Fsp3) is 0.0323. The third kappa shape index (κ3) is 4.16. The quantitative estimate of drug-likeness (QED) is 0.197. The van der Waals surface area contributed by atoms with Crippen LogP contribution in [0, 0.1) is 0 Å². The summed E-state index contributed by atoms with van der Waals surface area (Å²) in [5.74, 6) is 0. The fourth-order valence-electron chi connectivity index (χ4n) is 4.98. The molecule has 0 atom stereocenters. The average Bonchev–Trinajstić information content (AvgIpc) is 2.94. The van der Waals surface area contributed by atoms with Crippen LogP contribution in [0.25, 0.3) is 32.3 Å². The van der Waals surface area contributed by atoms with Gasteiger partial charge in [0, 0.05) is 14.7 Å². The summed E-state index contributed by atoms with van der Waals surface area (Å²) in [6.45, 7) is 0. The molecule has 0 amide bonds. The molecule has 3 nitrogen and oxygen atoms in total. The van der Waals surface area contributed by atoms with Gasteiger partial charge in [-0.15, -0.1) is 0 Å². The second-order valence-electron chi connectivity index (χ2n) is 8.96. The molecule has 0 aromatic heterocycles. The van der Waals surface area contributed by atoms with E-state index < -0.39 is 25.9 Å². The van der Waals surface area contributed by atoms with Crippen molar-refractivity contribution < 1.29 is 25.2 Å². The molecule has 0 aliphatic rings. The topological polar surface area (TPSA) is 43.4 Å². The molecule has 0 saturated carbocycles. The molecule has 6 rings (SSSR count). The highest BCUT2D eigenvalue weighted by Crippen LogP contribution is 2.74. The molecule has 0 aliphatic heterocycles. The Morgan fingerprint density at radius 3 is 1.10 bits per heavy atom. The molecule has 8 heteroatoms. The first-order valence-corrected chi connectivity index (χ1v) is 15.0. The number of alkyl halides is 3. The van der Waals surface area contributed by atoms with Crippen molar-refractivity contribution in [2.24, 2.45) is 0 Å². The number of fused-ring (bicyclic) bond motifs is 3. The first kappa shape index (κ1) is 25.4. The first-order valence-electron chi connectivity index (χ1n) is 12.0. The lowest BCUT2D eigenvalue weighted by molar-refractivity contribution is -0.0496. The Bertz CT molecular complexity index is 1760. The predicted octanol–water partition coefficient (Wildman–Crippen LogP) is 9.21. The Hall–Kier alpha value is -3.85. The monoisotopic (exact) mass is 562 g/mol. The summed E-state index contributed by atoms with van der Waals surface area (Å²) in [6, 6.07) is 37.4. The maximum absolute atomic E-state index is 14.2. The molecule has 39 heavy (non-hydrogen) atoms. The Morgan fingerprint density at radius 2 is 0.769 bits per heavy atom. The molecule has 0 radical (unpaired) electrons. The van der Waals surface area contributed by atoms with Gasteiger partial charge >= 0.3 is 15.6 Å². The van der Waals surface area contributed by atoms with E-state index in [1.165, 1.54) is 0 Å². The fourth-order valence-corrected chi connectivity index (χ4v) is 10.2. The van der Waals surface area contributed by atoms with E-state index in [1.807, 2.05) is 54.6 Å². The molecular formula is C31H21F3O3S2. The lowest BCUT2D eigenvalue weighted by Gasteiger charge is -2.41. The summed E-state index contributed by atoms with van der Waals surface area (Å²) >= 11 is 0. The van der Waals surface area contributed by atoms with Crippen LogP contribution in [-0.4, -0.2) is 13.9 Å². The van der Waals surface area contributed by atoms with E-state index in [-0.39, 0.29) is 0 Å². The highest BCUT2D eigenvalue weighted by molar-refractivity contribution is 8.33. The van der Waals surface area contributed by atoms with E-state index in [0.29, 0.717) is 30.8 Å². The molecular weight excluding hydrogens is 541 g/mol. The van der Waals surface area contributed by atoms with Crippen LogP contribution in [0.1, 0.15) is 0 Å². The second kappa shape index (κ2) is 9.41. The van der Waals surface area contributed by atoms with Crippen LogP contribution in [0.5, 0.6) is 0 Å². The van der Waals surface area contributed by atoms with E-state index in [1.54, 1.807) is 72.8 Å². The third-order valence-corrected chi connectivity index (χ3v) is 11.7. The highest BCUT2D eigenvalue weighted by atomic mass is 32.3. The van der Waals surface area contributed by atoms with Crippen LogP contribution in [0.4, 0.5) is 13.2 Å². The van der Waals surface area contributed by atoms with Crippen LogP contribution in [0.2, 0.25) is 0 Å². The Morgan fingerprint density at radius 1 is 0.462 bits per heavy atom. The van der Waals surface area contributed by atoms with Gasteiger partial charge in [0.25, 0.3) is 0 Å². The molecule has 196 valence electrons. The summed E-state index contributed by atoms with van der Waals surface area (Å²) in [7, 11) is -9.63. The number of hydrogen-bond donors (Lipinski definition) is 0. The molecule has 6 aromatic carbocycles. The van der Waals surface area contributed by atoms with E-state index in [9.17, 15) is 21.6 Å². The highest BCUT2D eigenvalue weighted by Gasteiger charge is 2.53. The third-order valence-electron chi connectivity index (χ3n) is 6.65. The Balaban J connectivity index is 1.89. The van der Waals surface area contributed by atoms with Crippen molar-refractivity contribution in [3.63, 3.8) is 0 Å². The predicted molar refractivity (Wildman–Crippen MR) is 150 cm³/mol. The van der Waals surface area contributed by atoms with E-state index >= 15 is 0 Å². The van der Waals surface area contributed by atoms with Crippen LogP contribution in [0.15, 0.2) is 142 Å². The van der Waals surface area contributed by atoms with Crippen molar-refractivity contribution in [3.8, 4) is 0 Å². The van der Waals surface area contributed by atoms with Crippen LogP contribution < -0.4 is 0 Å². The van der Waals surface area contributed by atoms with Gasteiger partial charge in [0.15, 0.2) is 0 Å². The van der Waals surface area contributed by atoms with Gasteiger partial charge in [0.1, 0.15) is 0 Å². The summed E-state index contributed by atoms with van der Waals surface area (Å²) in [5.41, 5.74) is -5.63. The molecule has 0 saturated heterocycles. The van der Waals surface area contributed by atoms with Crippen molar-refractivity contribution in [2.45, 2.75) is 20.2 Å². The van der Waals surface area contributed by atoms with Gasteiger partial charge in [-0.3, -0.25) is 0 Å². The van der Waals surface area contributed by atoms with Gasteiger partial charge in [-0.2, -0.15) is 25.2 Å². The largest absolute Gasteiger partial charge is 0.524 e. The summed E-state index contributed by atoms with van der Waals surface area (Å²) in [6.07, 6.45) is 0. The van der Waals surface area contributed by atoms with Crippen molar-refractivity contribution >= 4 is 52.7 Å². The maximum atomic E-state index is 14.2. The Labute approximate surface area is 225 Å². The van der Waals surface area contributed by atoms with E-state index in [0.717, 1.165) is 16.2 Å². The molecule has 0 heterocycles. The smallest absolute Gasteiger partial charge is 0.200 e. The molecule has 0 unspecified atom stereocenters. The molecule has 0 spiro atoms. The summed E-state index contributed by atoms with van der Waals surface area (Å²) in [5, 5.41) is 4.07. The number of rotatable bonds is 5.